The van der Waals surface area contributed by atoms with Crippen molar-refractivity contribution in [3.05, 3.63) is 52.8 Å². The van der Waals surface area contributed by atoms with Crippen LogP contribution in [0.3, 0.4) is 0 Å². The summed E-state index contributed by atoms with van der Waals surface area (Å²) in [7, 11) is 0. The summed E-state index contributed by atoms with van der Waals surface area (Å²) in [5, 5.41) is 5.24. The van der Waals surface area contributed by atoms with Crippen molar-refractivity contribution in [1.82, 2.24) is 4.98 Å². The van der Waals surface area contributed by atoms with Gasteiger partial charge in [0.1, 0.15) is 5.75 Å². The number of anilines is 1. The third-order valence-corrected chi connectivity index (χ3v) is 4.11. The fourth-order valence-electron chi connectivity index (χ4n) is 2.00. The SMILES string of the molecule is CCCOc1ccc(-c2csc(NC(=O)c3ccc(Cl)o3)n2)cc1. The van der Waals surface area contributed by atoms with Gasteiger partial charge >= 0.3 is 0 Å². The van der Waals surface area contributed by atoms with E-state index in [4.69, 9.17) is 20.8 Å². The number of thiazole rings is 1. The van der Waals surface area contributed by atoms with E-state index in [2.05, 4.69) is 17.2 Å². The minimum absolute atomic E-state index is 0.147. The van der Waals surface area contributed by atoms with E-state index >= 15 is 0 Å². The van der Waals surface area contributed by atoms with E-state index < -0.39 is 0 Å². The highest BCUT2D eigenvalue weighted by atomic mass is 35.5. The van der Waals surface area contributed by atoms with Gasteiger partial charge in [0.05, 0.1) is 12.3 Å². The van der Waals surface area contributed by atoms with E-state index in [9.17, 15) is 4.79 Å². The Balaban J connectivity index is 1.67. The molecule has 0 unspecified atom stereocenters. The molecule has 0 saturated carbocycles. The van der Waals surface area contributed by atoms with Crippen LogP contribution in [-0.4, -0.2) is 17.5 Å². The number of benzene rings is 1. The van der Waals surface area contributed by atoms with Gasteiger partial charge in [-0.2, -0.15) is 0 Å². The van der Waals surface area contributed by atoms with Gasteiger partial charge in [-0.25, -0.2) is 4.98 Å². The first kappa shape index (κ1) is 16.5. The topological polar surface area (TPSA) is 64.4 Å². The van der Waals surface area contributed by atoms with Crippen molar-refractivity contribution >= 4 is 34.0 Å². The molecule has 0 saturated heterocycles. The second kappa shape index (κ2) is 7.51. The molecule has 1 aromatic carbocycles. The van der Waals surface area contributed by atoms with E-state index in [0.29, 0.717) is 11.7 Å². The zero-order chi connectivity index (χ0) is 16.9. The van der Waals surface area contributed by atoms with E-state index in [1.807, 2.05) is 29.6 Å². The molecule has 7 heteroatoms. The van der Waals surface area contributed by atoms with E-state index in [0.717, 1.165) is 23.4 Å². The van der Waals surface area contributed by atoms with Crippen LogP contribution in [0.15, 0.2) is 46.2 Å². The van der Waals surface area contributed by atoms with Gasteiger partial charge in [0.2, 0.25) is 0 Å². The number of rotatable bonds is 6. The molecule has 0 bridgehead atoms. The fourth-order valence-corrected chi connectivity index (χ4v) is 2.86. The smallest absolute Gasteiger partial charge is 0.293 e. The van der Waals surface area contributed by atoms with Gasteiger partial charge in [-0.1, -0.05) is 6.92 Å². The lowest BCUT2D eigenvalue weighted by molar-refractivity contribution is 0.0997. The predicted molar refractivity (Wildman–Crippen MR) is 95.0 cm³/mol. The Bertz CT molecular complexity index is 826. The summed E-state index contributed by atoms with van der Waals surface area (Å²) >= 11 is 7.01. The first-order valence-electron chi connectivity index (χ1n) is 7.41. The number of halogens is 1. The van der Waals surface area contributed by atoms with Gasteiger partial charge in [-0.15, -0.1) is 11.3 Å². The number of nitrogens with zero attached hydrogens (tertiary/aromatic N) is 1. The molecule has 0 atom stereocenters. The molecular weight excluding hydrogens is 348 g/mol. The number of carbonyl (C=O) groups excluding carboxylic acids is 1. The minimum Gasteiger partial charge on any atom is -0.494 e. The zero-order valence-corrected chi connectivity index (χ0v) is 14.5. The van der Waals surface area contributed by atoms with Gasteiger partial charge in [0, 0.05) is 10.9 Å². The molecule has 24 heavy (non-hydrogen) atoms. The molecule has 2 aromatic heterocycles. The summed E-state index contributed by atoms with van der Waals surface area (Å²) in [6.07, 6.45) is 0.970. The molecular formula is C17H15ClN2O3S. The van der Waals surface area contributed by atoms with E-state index in [-0.39, 0.29) is 16.9 Å². The average Bonchev–Trinajstić information content (AvgIpc) is 3.22. The Morgan fingerprint density at radius 2 is 2.08 bits per heavy atom. The van der Waals surface area contributed by atoms with Crippen molar-refractivity contribution in [2.24, 2.45) is 0 Å². The highest BCUT2D eigenvalue weighted by Crippen LogP contribution is 2.27. The minimum atomic E-state index is -0.383. The number of hydrogen-bond donors (Lipinski definition) is 1. The van der Waals surface area contributed by atoms with Crippen molar-refractivity contribution in [3.8, 4) is 17.0 Å². The van der Waals surface area contributed by atoms with E-state index in [1.54, 1.807) is 0 Å². The highest BCUT2D eigenvalue weighted by Gasteiger charge is 2.13. The maximum atomic E-state index is 12.0. The van der Waals surface area contributed by atoms with Crippen molar-refractivity contribution in [1.29, 1.82) is 0 Å². The standard InChI is InChI=1S/C17H15ClN2O3S/c1-2-9-22-12-5-3-11(4-6-12)13-10-24-17(19-13)20-16(21)14-7-8-15(18)23-14/h3-8,10H,2,9H2,1H3,(H,19,20,21). The molecule has 1 N–H and O–H groups in total. The molecule has 5 nitrogen and oxygen atoms in total. The second-order valence-corrected chi connectivity index (χ2v) is 6.20. The molecule has 1 amide bonds. The molecule has 0 radical (unpaired) electrons. The fraction of sp³-hybridized carbons (Fsp3) is 0.176. The molecule has 3 aromatic rings. The van der Waals surface area contributed by atoms with Gasteiger partial charge in [0.15, 0.2) is 16.1 Å². The van der Waals surface area contributed by atoms with Crippen LogP contribution in [0.5, 0.6) is 5.75 Å². The van der Waals surface area contributed by atoms with Crippen molar-refractivity contribution in [2.45, 2.75) is 13.3 Å². The number of hydrogen-bond acceptors (Lipinski definition) is 5. The monoisotopic (exact) mass is 362 g/mol. The van der Waals surface area contributed by atoms with Crippen LogP contribution in [0.4, 0.5) is 5.13 Å². The third kappa shape index (κ3) is 3.96. The molecule has 0 spiro atoms. The summed E-state index contributed by atoms with van der Waals surface area (Å²) in [6, 6.07) is 10.7. The lowest BCUT2D eigenvalue weighted by Gasteiger charge is -2.04. The number of amides is 1. The maximum absolute atomic E-state index is 12.0. The van der Waals surface area contributed by atoms with Crippen LogP contribution in [0.25, 0.3) is 11.3 Å². The van der Waals surface area contributed by atoms with Crippen LogP contribution >= 0.6 is 22.9 Å². The third-order valence-electron chi connectivity index (χ3n) is 3.14. The molecule has 0 aliphatic carbocycles. The van der Waals surface area contributed by atoms with Gasteiger partial charge in [-0.3, -0.25) is 10.1 Å². The predicted octanol–water partition coefficient (Wildman–Crippen LogP) is 5.10. The average molecular weight is 363 g/mol. The van der Waals surface area contributed by atoms with Gasteiger partial charge in [0.25, 0.3) is 5.91 Å². The van der Waals surface area contributed by atoms with Crippen molar-refractivity contribution in [3.63, 3.8) is 0 Å². The summed E-state index contributed by atoms with van der Waals surface area (Å²) in [4.78, 5) is 16.4. The van der Waals surface area contributed by atoms with Gasteiger partial charge < -0.3 is 9.15 Å². The lowest BCUT2D eigenvalue weighted by Crippen LogP contribution is -2.10. The number of carbonyl (C=O) groups is 1. The largest absolute Gasteiger partial charge is 0.494 e. The number of furan rings is 1. The summed E-state index contributed by atoms with van der Waals surface area (Å²) in [5.41, 5.74) is 1.74. The summed E-state index contributed by atoms with van der Waals surface area (Å²) in [6.45, 7) is 2.76. The van der Waals surface area contributed by atoms with Crippen LogP contribution in [0.1, 0.15) is 23.9 Å². The Morgan fingerprint density at radius 1 is 1.29 bits per heavy atom. The normalized spacial score (nSPS) is 10.6. The Hall–Kier alpha value is -2.31. The molecule has 0 aliphatic rings. The number of nitrogens with one attached hydrogen (secondary N) is 1. The Kier molecular flexibility index (Phi) is 5.17. The number of ether oxygens (including phenoxy) is 1. The van der Waals surface area contributed by atoms with Crippen LogP contribution in [0.2, 0.25) is 5.22 Å². The van der Waals surface area contributed by atoms with Crippen LogP contribution < -0.4 is 10.1 Å². The molecule has 0 aliphatic heterocycles. The summed E-state index contributed by atoms with van der Waals surface area (Å²) in [5.74, 6) is 0.597. The lowest BCUT2D eigenvalue weighted by atomic mass is 10.2. The van der Waals surface area contributed by atoms with Gasteiger partial charge in [-0.05, 0) is 54.4 Å². The highest BCUT2D eigenvalue weighted by molar-refractivity contribution is 7.14. The van der Waals surface area contributed by atoms with Crippen molar-refractivity contribution < 1.29 is 13.9 Å². The Morgan fingerprint density at radius 3 is 2.75 bits per heavy atom. The molecule has 0 fully saturated rings. The zero-order valence-electron chi connectivity index (χ0n) is 12.9. The van der Waals surface area contributed by atoms with Crippen LogP contribution in [-0.2, 0) is 0 Å². The Labute approximate surface area is 148 Å². The molecule has 124 valence electrons. The van der Waals surface area contributed by atoms with E-state index in [1.165, 1.54) is 23.5 Å². The van der Waals surface area contributed by atoms with Crippen LogP contribution in [0, 0.1) is 0 Å². The quantitative estimate of drug-likeness (QED) is 0.662. The number of aromatic nitrogens is 1. The van der Waals surface area contributed by atoms with Crippen molar-refractivity contribution in [2.75, 3.05) is 11.9 Å². The molecule has 3 rings (SSSR count). The first-order chi connectivity index (χ1) is 11.7. The second-order valence-electron chi connectivity index (χ2n) is 4.97. The summed E-state index contributed by atoms with van der Waals surface area (Å²) < 4.78 is 10.6. The first-order valence-corrected chi connectivity index (χ1v) is 8.67. The molecule has 2 heterocycles. The maximum Gasteiger partial charge on any atom is 0.293 e.